The second-order valence-corrected chi connectivity index (χ2v) is 6.84. The molecule has 0 spiro atoms. The van der Waals surface area contributed by atoms with Gasteiger partial charge in [-0.15, -0.1) is 0 Å². The lowest BCUT2D eigenvalue weighted by Crippen LogP contribution is -1.98. The summed E-state index contributed by atoms with van der Waals surface area (Å²) in [6, 6.07) is 18.9. The number of fused-ring (bicyclic) bond motifs is 1. The van der Waals surface area contributed by atoms with Gasteiger partial charge in [0.2, 0.25) is 0 Å². The van der Waals surface area contributed by atoms with Gasteiger partial charge in [-0.1, -0.05) is 35.4 Å². The minimum absolute atomic E-state index is 0.582. The number of pyridine rings is 1. The molecule has 0 bridgehead atoms. The molecule has 0 aliphatic rings. The van der Waals surface area contributed by atoms with E-state index in [0.29, 0.717) is 6.61 Å². The van der Waals surface area contributed by atoms with Gasteiger partial charge in [0.25, 0.3) is 0 Å². The van der Waals surface area contributed by atoms with E-state index in [4.69, 9.17) is 4.74 Å². The maximum absolute atomic E-state index is 6.07. The van der Waals surface area contributed by atoms with Crippen molar-refractivity contribution in [1.82, 2.24) is 9.38 Å². The summed E-state index contributed by atoms with van der Waals surface area (Å²) in [6.07, 6.45) is 3.96. The molecule has 26 heavy (non-hydrogen) atoms. The van der Waals surface area contributed by atoms with Gasteiger partial charge in [-0.25, -0.2) is 4.98 Å². The van der Waals surface area contributed by atoms with Crippen LogP contribution in [0.15, 0.2) is 67.0 Å². The average molecular weight is 342 g/mol. The van der Waals surface area contributed by atoms with Crippen LogP contribution in [0.1, 0.15) is 22.3 Å². The number of rotatable bonds is 4. The third-order valence-corrected chi connectivity index (χ3v) is 4.56. The summed E-state index contributed by atoms with van der Waals surface area (Å²) in [5.41, 5.74) is 8.04. The number of hydrogen-bond donors (Lipinski definition) is 0. The fourth-order valence-corrected chi connectivity index (χ4v) is 3.43. The fraction of sp³-hybridized carbons (Fsp3) is 0.174. The number of nitrogens with zero attached hydrogens (tertiary/aromatic N) is 2. The Labute approximate surface area is 153 Å². The molecule has 4 rings (SSSR count). The number of hydrogen-bond acceptors (Lipinski definition) is 2. The molecule has 0 radical (unpaired) electrons. The Kier molecular flexibility index (Phi) is 4.21. The summed E-state index contributed by atoms with van der Waals surface area (Å²) in [7, 11) is 0. The zero-order chi connectivity index (χ0) is 18.1. The van der Waals surface area contributed by atoms with E-state index in [1.807, 2.05) is 30.6 Å². The van der Waals surface area contributed by atoms with E-state index in [-0.39, 0.29) is 0 Å². The summed E-state index contributed by atoms with van der Waals surface area (Å²) < 4.78 is 8.17. The summed E-state index contributed by atoms with van der Waals surface area (Å²) >= 11 is 0. The quantitative estimate of drug-likeness (QED) is 0.489. The Morgan fingerprint density at radius 1 is 0.923 bits per heavy atom. The molecule has 2 heterocycles. The maximum atomic E-state index is 6.07. The lowest BCUT2D eigenvalue weighted by Gasteiger charge is -2.12. The molecule has 0 saturated heterocycles. The van der Waals surface area contributed by atoms with Crippen LogP contribution in [0, 0.1) is 20.8 Å². The summed E-state index contributed by atoms with van der Waals surface area (Å²) in [5, 5.41) is 0. The molecule has 0 unspecified atom stereocenters. The Morgan fingerprint density at radius 3 is 2.50 bits per heavy atom. The van der Waals surface area contributed by atoms with Gasteiger partial charge in [0.05, 0.1) is 11.9 Å². The molecule has 2 aromatic carbocycles. The van der Waals surface area contributed by atoms with Crippen LogP contribution >= 0.6 is 0 Å². The van der Waals surface area contributed by atoms with E-state index in [2.05, 4.69) is 66.6 Å². The highest BCUT2D eigenvalue weighted by Crippen LogP contribution is 2.27. The predicted octanol–water partition coefficient (Wildman–Crippen LogP) is 5.51. The first-order valence-electron chi connectivity index (χ1n) is 8.83. The average Bonchev–Trinajstić information content (AvgIpc) is 3.04. The van der Waals surface area contributed by atoms with Crippen molar-refractivity contribution >= 4 is 5.65 Å². The third kappa shape index (κ3) is 3.21. The van der Waals surface area contributed by atoms with Gasteiger partial charge >= 0.3 is 0 Å². The number of aryl methyl sites for hydroxylation is 3. The summed E-state index contributed by atoms with van der Waals surface area (Å²) in [4.78, 5) is 4.47. The van der Waals surface area contributed by atoms with Crippen LogP contribution in [0.4, 0.5) is 0 Å². The van der Waals surface area contributed by atoms with E-state index in [1.165, 1.54) is 16.7 Å². The summed E-state index contributed by atoms with van der Waals surface area (Å²) in [5.74, 6) is 0.918. The first kappa shape index (κ1) is 16.4. The first-order valence-corrected chi connectivity index (χ1v) is 8.83. The molecule has 4 aromatic rings. The van der Waals surface area contributed by atoms with Crippen LogP contribution in [-0.2, 0) is 6.61 Å². The van der Waals surface area contributed by atoms with Gasteiger partial charge in [-0.05, 0) is 62.2 Å². The lowest BCUT2D eigenvalue weighted by atomic mass is 10.1. The second kappa shape index (κ2) is 6.68. The fourth-order valence-electron chi connectivity index (χ4n) is 3.43. The predicted molar refractivity (Wildman–Crippen MR) is 106 cm³/mol. The molecule has 3 heteroatoms. The largest absolute Gasteiger partial charge is 0.489 e. The molecule has 0 fully saturated rings. The molecule has 0 aliphatic heterocycles. The monoisotopic (exact) mass is 342 g/mol. The van der Waals surface area contributed by atoms with Crippen molar-refractivity contribution in [2.24, 2.45) is 0 Å². The molecule has 0 saturated carbocycles. The van der Waals surface area contributed by atoms with Crippen molar-refractivity contribution < 1.29 is 4.74 Å². The van der Waals surface area contributed by atoms with Crippen LogP contribution in [0.2, 0.25) is 0 Å². The number of ether oxygens (including phenoxy) is 1. The van der Waals surface area contributed by atoms with E-state index in [9.17, 15) is 0 Å². The summed E-state index contributed by atoms with van der Waals surface area (Å²) in [6.45, 7) is 6.90. The molecule has 2 aromatic heterocycles. The van der Waals surface area contributed by atoms with Crippen molar-refractivity contribution in [1.29, 1.82) is 0 Å². The van der Waals surface area contributed by atoms with Crippen LogP contribution in [0.3, 0.4) is 0 Å². The lowest BCUT2D eigenvalue weighted by molar-refractivity contribution is 0.304. The van der Waals surface area contributed by atoms with Crippen molar-refractivity contribution in [2.75, 3.05) is 0 Å². The number of benzene rings is 2. The highest BCUT2D eigenvalue weighted by Gasteiger charge is 2.08. The van der Waals surface area contributed by atoms with Gasteiger partial charge in [-0.3, -0.25) is 4.40 Å². The molecule has 0 amide bonds. The SMILES string of the molecule is Cc1cc(C)cc(COc2ccc(-c3cnc4ccccn34)cc2C)c1. The van der Waals surface area contributed by atoms with Gasteiger partial charge in [0.1, 0.15) is 18.0 Å². The highest BCUT2D eigenvalue weighted by molar-refractivity contribution is 5.65. The van der Waals surface area contributed by atoms with Crippen molar-refractivity contribution in [3.8, 4) is 17.0 Å². The maximum Gasteiger partial charge on any atom is 0.137 e. The highest BCUT2D eigenvalue weighted by atomic mass is 16.5. The molecule has 130 valence electrons. The molecule has 3 nitrogen and oxygen atoms in total. The van der Waals surface area contributed by atoms with Crippen LogP contribution in [0.5, 0.6) is 5.75 Å². The standard InChI is InChI=1S/C23H22N2O/c1-16-10-17(2)12-19(11-16)15-26-22-8-7-20(13-18(22)3)21-14-24-23-6-4-5-9-25(21)23/h4-14H,15H2,1-3H3. The third-order valence-electron chi connectivity index (χ3n) is 4.56. The van der Waals surface area contributed by atoms with E-state index >= 15 is 0 Å². The molecular weight excluding hydrogens is 320 g/mol. The van der Waals surface area contributed by atoms with Crippen LogP contribution < -0.4 is 4.74 Å². The minimum atomic E-state index is 0.582. The number of aromatic nitrogens is 2. The Balaban J connectivity index is 1.58. The van der Waals surface area contributed by atoms with Crippen LogP contribution in [-0.4, -0.2) is 9.38 Å². The first-order chi connectivity index (χ1) is 12.6. The number of imidazole rings is 1. The normalized spacial score (nSPS) is 11.0. The topological polar surface area (TPSA) is 26.5 Å². The van der Waals surface area contributed by atoms with Crippen molar-refractivity contribution in [3.63, 3.8) is 0 Å². The minimum Gasteiger partial charge on any atom is -0.489 e. The Bertz CT molecular complexity index is 1060. The van der Waals surface area contributed by atoms with Gasteiger partial charge in [0, 0.05) is 11.8 Å². The van der Waals surface area contributed by atoms with E-state index < -0.39 is 0 Å². The van der Waals surface area contributed by atoms with Crippen molar-refractivity contribution in [2.45, 2.75) is 27.4 Å². The Hall–Kier alpha value is -3.07. The van der Waals surface area contributed by atoms with Crippen LogP contribution in [0.25, 0.3) is 16.9 Å². The zero-order valence-corrected chi connectivity index (χ0v) is 15.4. The second-order valence-electron chi connectivity index (χ2n) is 6.84. The van der Waals surface area contributed by atoms with Crippen molar-refractivity contribution in [3.05, 3.63) is 89.2 Å². The Morgan fingerprint density at radius 2 is 1.73 bits per heavy atom. The van der Waals surface area contributed by atoms with Gasteiger partial charge < -0.3 is 4.74 Å². The smallest absolute Gasteiger partial charge is 0.137 e. The molecular formula is C23H22N2O. The molecule has 0 aliphatic carbocycles. The van der Waals surface area contributed by atoms with Gasteiger partial charge in [0.15, 0.2) is 0 Å². The van der Waals surface area contributed by atoms with E-state index in [0.717, 1.165) is 28.2 Å². The molecule has 0 atom stereocenters. The van der Waals surface area contributed by atoms with E-state index in [1.54, 1.807) is 0 Å². The molecule has 0 N–H and O–H groups in total. The zero-order valence-electron chi connectivity index (χ0n) is 15.4. The van der Waals surface area contributed by atoms with Gasteiger partial charge in [-0.2, -0.15) is 0 Å².